The first-order chi connectivity index (χ1) is 7.56. The minimum absolute atomic E-state index is 0.00873. The highest BCUT2D eigenvalue weighted by atomic mass is 28.2. The topological polar surface area (TPSA) is 35.5 Å². The second-order valence-electron chi connectivity index (χ2n) is 3.20. The smallest absolute Gasteiger partial charge is 0.330 e. The van der Waals surface area contributed by atoms with Gasteiger partial charge in [0.1, 0.15) is 16.6 Å². The molecule has 94 valence electrons. The maximum absolute atomic E-state index is 10.8. The van der Waals surface area contributed by atoms with Gasteiger partial charge in [-0.25, -0.2) is 4.79 Å². The Bertz CT molecular complexity index is 210. The summed E-state index contributed by atoms with van der Waals surface area (Å²) in [5.74, 6) is -0.382. The van der Waals surface area contributed by atoms with Gasteiger partial charge in [0.25, 0.3) is 0 Å². The van der Waals surface area contributed by atoms with Crippen LogP contribution in [0, 0.1) is 0 Å². The molecule has 0 amide bonds. The van der Waals surface area contributed by atoms with Gasteiger partial charge in [-0.3, -0.25) is 0 Å². The average molecular weight is 244 g/mol. The first kappa shape index (κ1) is 17.5. The van der Waals surface area contributed by atoms with Crippen LogP contribution in [0.2, 0.25) is 0 Å². The van der Waals surface area contributed by atoms with Crippen molar-refractivity contribution >= 4 is 16.5 Å². The number of rotatable bonds is 5. The molecule has 0 aliphatic rings. The van der Waals surface area contributed by atoms with Crippen molar-refractivity contribution in [2.24, 2.45) is 0 Å². The molecule has 3 nitrogen and oxygen atoms in total. The van der Waals surface area contributed by atoms with Gasteiger partial charge in [-0.15, -0.1) is 0 Å². The van der Waals surface area contributed by atoms with E-state index in [0.29, 0.717) is 10.5 Å². The second-order valence-corrected chi connectivity index (χ2v) is 3.67. The lowest BCUT2D eigenvalue weighted by Gasteiger charge is -2.21. The Balaban J connectivity index is 0. The first-order valence-electron chi connectivity index (χ1n) is 5.50. The minimum atomic E-state index is -0.382. The van der Waals surface area contributed by atoms with E-state index in [-0.39, 0.29) is 18.2 Å². The fourth-order valence-electron chi connectivity index (χ4n) is 0.860. The van der Waals surface area contributed by atoms with E-state index >= 15 is 0 Å². The molecular formula is C12H24O3Si. The van der Waals surface area contributed by atoms with Crippen LogP contribution in [0.25, 0.3) is 0 Å². The Morgan fingerprint density at radius 1 is 1.44 bits per heavy atom. The summed E-state index contributed by atoms with van der Waals surface area (Å²) in [7, 11) is 0.660. The van der Waals surface area contributed by atoms with Crippen LogP contribution in [0.15, 0.2) is 24.8 Å². The van der Waals surface area contributed by atoms with E-state index in [4.69, 9.17) is 9.16 Å². The van der Waals surface area contributed by atoms with E-state index in [1.807, 2.05) is 39.8 Å². The number of hydrogen-bond donors (Lipinski definition) is 0. The molecule has 4 heteroatoms. The average Bonchev–Trinajstić information content (AvgIpc) is 2.34. The number of ether oxygens (including phenoxy) is 1. The Morgan fingerprint density at radius 3 is 2.19 bits per heavy atom. The summed E-state index contributed by atoms with van der Waals surface area (Å²) in [6.07, 6.45) is 5.78. The Kier molecular flexibility index (Phi) is 13.4. The number of esters is 1. The van der Waals surface area contributed by atoms with Gasteiger partial charge in [-0.2, -0.15) is 0 Å². The van der Waals surface area contributed by atoms with E-state index in [1.165, 1.54) is 6.08 Å². The lowest BCUT2D eigenvalue weighted by atomic mass is 10.2. The number of carbonyl (C=O) groups excluding carboxylic acids is 1. The summed E-state index contributed by atoms with van der Waals surface area (Å²) in [5, 5.41) is 0. The summed E-state index contributed by atoms with van der Waals surface area (Å²) in [4.78, 5) is 10.8. The lowest BCUT2D eigenvalue weighted by molar-refractivity contribution is -0.147. The summed E-state index contributed by atoms with van der Waals surface area (Å²) in [6, 6.07) is 0. The summed E-state index contributed by atoms with van der Waals surface area (Å²) < 4.78 is 10.2. The van der Waals surface area contributed by atoms with E-state index in [0.717, 1.165) is 6.42 Å². The molecule has 0 aromatic rings. The number of hydrogen-bond acceptors (Lipinski definition) is 3. The molecule has 2 unspecified atom stereocenters. The van der Waals surface area contributed by atoms with Crippen molar-refractivity contribution in [3.8, 4) is 0 Å². The van der Waals surface area contributed by atoms with Crippen molar-refractivity contribution < 1.29 is 14.0 Å². The molecule has 0 saturated carbocycles. The molecule has 0 N–H and O–H groups in total. The van der Waals surface area contributed by atoms with Crippen molar-refractivity contribution in [3.05, 3.63) is 24.8 Å². The molecule has 0 bridgehead atoms. The molecule has 0 radical (unpaired) electrons. The summed E-state index contributed by atoms with van der Waals surface area (Å²) >= 11 is 0. The van der Waals surface area contributed by atoms with Crippen LogP contribution in [0.1, 0.15) is 34.1 Å². The van der Waals surface area contributed by atoms with E-state index in [1.54, 1.807) is 0 Å². The standard InChI is InChI=1S/C8H16O3Si.C4H8/c1-4-7(6(3)11-12)10-8(9)5-2;1-3-4-2/h5-7H,2,4H2,1,3,12H3;3-4H,1-2H3. The zero-order valence-corrected chi connectivity index (χ0v) is 13.0. The van der Waals surface area contributed by atoms with Gasteiger partial charge in [-0.1, -0.05) is 25.7 Å². The normalized spacial score (nSPS) is 13.8. The van der Waals surface area contributed by atoms with E-state index in [2.05, 4.69) is 6.58 Å². The molecule has 0 saturated heterocycles. The molecule has 2 atom stereocenters. The molecule has 0 aromatic heterocycles. The highest BCUT2D eigenvalue weighted by Crippen LogP contribution is 2.07. The SMILES string of the molecule is C=CC(=O)OC(CC)C(C)O[SiH3].CC=CC. The zero-order chi connectivity index (χ0) is 13.0. The summed E-state index contributed by atoms with van der Waals surface area (Å²) in [6.45, 7) is 11.2. The number of allylic oxidation sites excluding steroid dienone is 2. The third-order valence-corrected chi connectivity index (χ3v) is 2.81. The highest BCUT2D eigenvalue weighted by Gasteiger charge is 2.17. The zero-order valence-electron chi connectivity index (χ0n) is 11.0. The molecule has 16 heavy (non-hydrogen) atoms. The highest BCUT2D eigenvalue weighted by molar-refractivity contribution is 5.98. The van der Waals surface area contributed by atoms with Crippen LogP contribution in [0.4, 0.5) is 0 Å². The molecule has 0 heterocycles. The largest absolute Gasteiger partial charge is 0.457 e. The molecular weight excluding hydrogens is 220 g/mol. The van der Waals surface area contributed by atoms with Crippen LogP contribution in [0.3, 0.4) is 0 Å². The molecule has 0 fully saturated rings. The van der Waals surface area contributed by atoms with E-state index in [9.17, 15) is 4.79 Å². The maximum atomic E-state index is 10.8. The van der Waals surface area contributed by atoms with Crippen LogP contribution in [-0.2, 0) is 14.0 Å². The van der Waals surface area contributed by atoms with Crippen molar-refractivity contribution in [2.75, 3.05) is 0 Å². The van der Waals surface area contributed by atoms with Crippen molar-refractivity contribution in [2.45, 2.75) is 46.3 Å². The van der Waals surface area contributed by atoms with Gasteiger partial charge in [0.2, 0.25) is 0 Å². The third-order valence-electron chi connectivity index (χ3n) is 2.07. The maximum Gasteiger partial charge on any atom is 0.330 e. The number of carbonyl (C=O) groups is 1. The van der Waals surface area contributed by atoms with Crippen molar-refractivity contribution in [1.82, 2.24) is 0 Å². The Labute approximate surface area is 102 Å². The Morgan fingerprint density at radius 2 is 1.94 bits per heavy atom. The van der Waals surface area contributed by atoms with Crippen LogP contribution >= 0.6 is 0 Å². The quantitative estimate of drug-likeness (QED) is 0.320. The van der Waals surface area contributed by atoms with E-state index < -0.39 is 0 Å². The molecule has 0 aromatic carbocycles. The Hall–Kier alpha value is -0.873. The summed E-state index contributed by atoms with van der Waals surface area (Å²) in [5.41, 5.74) is 0. The molecule has 0 aliphatic carbocycles. The van der Waals surface area contributed by atoms with Crippen LogP contribution < -0.4 is 0 Å². The second kappa shape index (κ2) is 12.2. The molecule has 0 aliphatic heterocycles. The van der Waals surface area contributed by atoms with Gasteiger partial charge in [0, 0.05) is 6.08 Å². The third kappa shape index (κ3) is 9.67. The van der Waals surface area contributed by atoms with Gasteiger partial charge in [0.05, 0.1) is 6.10 Å². The fraction of sp³-hybridized carbons (Fsp3) is 0.583. The van der Waals surface area contributed by atoms with Crippen LogP contribution in [0.5, 0.6) is 0 Å². The van der Waals surface area contributed by atoms with Crippen molar-refractivity contribution in [3.63, 3.8) is 0 Å². The minimum Gasteiger partial charge on any atom is -0.457 e. The predicted octanol–water partition coefficient (Wildman–Crippen LogP) is 1.76. The molecule has 0 spiro atoms. The van der Waals surface area contributed by atoms with Crippen molar-refractivity contribution in [1.29, 1.82) is 0 Å². The fourth-order valence-corrected chi connectivity index (χ4v) is 1.16. The van der Waals surface area contributed by atoms with Gasteiger partial charge in [-0.05, 0) is 27.2 Å². The predicted molar refractivity (Wildman–Crippen MR) is 71.3 cm³/mol. The lowest BCUT2D eigenvalue weighted by Crippen LogP contribution is -2.29. The van der Waals surface area contributed by atoms with Crippen LogP contribution in [-0.4, -0.2) is 28.7 Å². The van der Waals surface area contributed by atoms with Gasteiger partial charge in [0.15, 0.2) is 0 Å². The first-order valence-corrected chi connectivity index (χ1v) is 6.32. The van der Waals surface area contributed by atoms with Gasteiger partial charge < -0.3 is 9.16 Å². The van der Waals surface area contributed by atoms with Gasteiger partial charge >= 0.3 is 5.97 Å². The monoisotopic (exact) mass is 244 g/mol. The molecule has 0 rings (SSSR count).